The Morgan fingerprint density at radius 1 is 1.25 bits per heavy atom. The van der Waals surface area contributed by atoms with E-state index in [1.165, 1.54) is 0 Å². The molecule has 0 fully saturated rings. The van der Waals surface area contributed by atoms with Crippen molar-refractivity contribution >= 4 is 0 Å². The van der Waals surface area contributed by atoms with Crippen LogP contribution in [0.1, 0.15) is 13.8 Å². The second kappa shape index (κ2) is 15.7. The molecule has 0 bridgehead atoms. The van der Waals surface area contributed by atoms with Crippen molar-refractivity contribution in [2.45, 2.75) is 13.8 Å². The van der Waals surface area contributed by atoms with Gasteiger partial charge in [-0.05, 0) is 5.92 Å². The number of aliphatic hydroxyl groups excluding tert-OH is 1. The zero-order valence-corrected chi connectivity index (χ0v) is 7.51. The Balaban J connectivity index is -0.0000000267. The fourth-order valence-corrected chi connectivity index (χ4v) is 0. The Labute approximate surface area is 68.8 Å². The average molecular weight is 197 g/mol. The molecule has 8 heavy (non-hydrogen) atoms. The molecule has 0 aromatic heterocycles. The van der Waals surface area contributed by atoms with Gasteiger partial charge in [0.2, 0.25) is 0 Å². The molecule has 0 aliphatic heterocycles. The monoisotopic (exact) mass is 196 g/mol. The number of hydrogen-bond donors (Lipinski definition) is 1. The van der Waals surface area contributed by atoms with E-state index in [-0.39, 0.29) is 37.2 Å². The van der Waals surface area contributed by atoms with Gasteiger partial charge in [-0.25, -0.2) is 0 Å². The van der Waals surface area contributed by atoms with Gasteiger partial charge >= 0.3 is 26.2 Å². The molecular formula is C4H10O3Zr. The third kappa shape index (κ3) is 29.4. The molecule has 0 aliphatic rings. The van der Waals surface area contributed by atoms with Crippen LogP contribution in [0.2, 0.25) is 0 Å². The van der Waals surface area contributed by atoms with Gasteiger partial charge in [0.25, 0.3) is 0 Å². The molecule has 0 atom stereocenters. The number of hydrogen-bond acceptors (Lipinski definition) is 1. The van der Waals surface area contributed by atoms with Gasteiger partial charge in [-0.1, -0.05) is 13.8 Å². The minimum absolute atomic E-state index is 0. The molecular weight excluding hydrogens is 187 g/mol. The first-order valence-electron chi connectivity index (χ1n) is 1.88. The van der Waals surface area contributed by atoms with E-state index in [4.69, 9.17) is 5.11 Å². The van der Waals surface area contributed by atoms with Crippen molar-refractivity contribution in [1.82, 2.24) is 0 Å². The molecule has 4 heteroatoms. The maximum Gasteiger partial charge on any atom is 4.00 e. The smallest absolute Gasteiger partial charge is 2.00 e. The van der Waals surface area contributed by atoms with Crippen LogP contribution in [0, 0.1) is 5.92 Å². The maximum absolute atomic E-state index is 8.14. The summed E-state index contributed by atoms with van der Waals surface area (Å²) in [5.41, 5.74) is 0. The zero-order chi connectivity index (χ0) is 4.28. The van der Waals surface area contributed by atoms with Gasteiger partial charge < -0.3 is 16.1 Å². The van der Waals surface area contributed by atoms with Crippen LogP contribution in [0.3, 0.4) is 0 Å². The second-order valence-electron chi connectivity index (χ2n) is 1.58. The van der Waals surface area contributed by atoms with Crippen LogP contribution < -0.4 is 0 Å². The normalized spacial score (nSPS) is 6.00. The summed E-state index contributed by atoms with van der Waals surface area (Å²) in [4.78, 5) is 0. The Hall–Kier alpha value is 0.763. The zero-order valence-electron chi connectivity index (χ0n) is 5.05. The maximum atomic E-state index is 8.14. The summed E-state index contributed by atoms with van der Waals surface area (Å²) in [6.07, 6.45) is 0. The van der Waals surface area contributed by atoms with Crippen LogP contribution in [0.4, 0.5) is 0 Å². The van der Waals surface area contributed by atoms with Crippen LogP contribution in [-0.4, -0.2) is 11.7 Å². The standard InChI is InChI=1S/C4H10O.2O.Zr/c1-4(2)3-5;;;/h4-5H,3H2,1-2H3;;;/q;2*-2;+4. The quantitative estimate of drug-likeness (QED) is 0.648. The predicted octanol–water partition coefficient (Wildman–Crippen LogP) is 0.395. The molecule has 0 heterocycles. The Bertz CT molecular complexity index is 25.2. The van der Waals surface area contributed by atoms with Crippen molar-refractivity contribution in [3.8, 4) is 0 Å². The molecule has 0 aliphatic carbocycles. The fraction of sp³-hybridized carbons (Fsp3) is 1.00. The topological polar surface area (TPSA) is 77.2 Å². The van der Waals surface area contributed by atoms with Crippen molar-refractivity contribution in [3.05, 3.63) is 0 Å². The van der Waals surface area contributed by atoms with Crippen LogP contribution in [0.15, 0.2) is 0 Å². The first kappa shape index (κ1) is 23.3. The first-order valence-corrected chi connectivity index (χ1v) is 1.88. The molecule has 0 rings (SSSR count). The van der Waals surface area contributed by atoms with Gasteiger partial charge in [-0.3, -0.25) is 0 Å². The van der Waals surface area contributed by atoms with Crippen molar-refractivity contribution in [1.29, 1.82) is 0 Å². The molecule has 0 radical (unpaired) electrons. The summed E-state index contributed by atoms with van der Waals surface area (Å²) < 4.78 is 0. The van der Waals surface area contributed by atoms with Gasteiger partial charge in [-0.2, -0.15) is 0 Å². The van der Waals surface area contributed by atoms with Crippen LogP contribution in [0.5, 0.6) is 0 Å². The summed E-state index contributed by atoms with van der Waals surface area (Å²) in [7, 11) is 0. The fourth-order valence-electron chi connectivity index (χ4n) is 0. The third-order valence-corrected chi connectivity index (χ3v) is 0.365. The van der Waals surface area contributed by atoms with E-state index in [2.05, 4.69) is 0 Å². The summed E-state index contributed by atoms with van der Waals surface area (Å²) >= 11 is 0. The summed E-state index contributed by atoms with van der Waals surface area (Å²) in [5, 5.41) is 8.14. The van der Waals surface area contributed by atoms with Gasteiger partial charge in [0.15, 0.2) is 0 Å². The van der Waals surface area contributed by atoms with E-state index < -0.39 is 0 Å². The molecule has 0 saturated heterocycles. The molecule has 48 valence electrons. The molecule has 0 saturated carbocycles. The van der Waals surface area contributed by atoms with Gasteiger partial charge in [-0.15, -0.1) is 0 Å². The first-order chi connectivity index (χ1) is 2.27. The van der Waals surface area contributed by atoms with E-state index in [9.17, 15) is 0 Å². The van der Waals surface area contributed by atoms with Crippen LogP contribution in [-0.2, 0) is 37.2 Å². The minimum Gasteiger partial charge on any atom is -2.00 e. The Kier molecular flexibility index (Phi) is 45.5. The minimum atomic E-state index is 0. The van der Waals surface area contributed by atoms with E-state index in [1.807, 2.05) is 13.8 Å². The predicted molar refractivity (Wildman–Crippen MR) is 23.3 cm³/mol. The van der Waals surface area contributed by atoms with Crippen molar-refractivity contribution in [2.75, 3.05) is 6.61 Å². The molecule has 0 aromatic carbocycles. The molecule has 3 nitrogen and oxygen atoms in total. The van der Waals surface area contributed by atoms with Gasteiger partial charge in [0, 0.05) is 6.61 Å². The van der Waals surface area contributed by atoms with E-state index in [1.54, 1.807) is 0 Å². The summed E-state index contributed by atoms with van der Waals surface area (Å²) in [6.45, 7) is 4.25. The van der Waals surface area contributed by atoms with E-state index in [0.717, 1.165) is 0 Å². The number of aliphatic hydroxyl groups is 1. The van der Waals surface area contributed by atoms with E-state index >= 15 is 0 Å². The number of rotatable bonds is 1. The van der Waals surface area contributed by atoms with Crippen LogP contribution in [0.25, 0.3) is 0 Å². The van der Waals surface area contributed by atoms with Crippen molar-refractivity contribution < 1.29 is 42.3 Å². The summed E-state index contributed by atoms with van der Waals surface area (Å²) in [5.74, 6) is 0.440. The summed E-state index contributed by atoms with van der Waals surface area (Å²) in [6, 6.07) is 0. The largest absolute Gasteiger partial charge is 4.00 e. The average Bonchev–Trinajstić information content (AvgIpc) is 1.38. The Morgan fingerprint density at radius 3 is 1.38 bits per heavy atom. The van der Waals surface area contributed by atoms with Crippen LogP contribution >= 0.6 is 0 Å². The SMILES string of the molecule is CC(C)CO.[O-2].[O-2].[Zr+4]. The van der Waals surface area contributed by atoms with Crippen molar-refractivity contribution in [2.24, 2.45) is 5.92 Å². The second-order valence-corrected chi connectivity index (χ2v) is 1.58. The van der Waals surface area contributed by atoms with Gasteiger partial charge in [0.05, 0.1) is 0 Å². The van der Waals surface area contributed by atoms with Crippen molar-refractivity contribution in [3.63, 3.8) is 0 Å². The molecule has 0 unspecified atom stereocenters. The third-order valence-electron chi connectivity index (χ3n) is 0.365. The molecule has 0 amide bonds. The van der Waals surface area contributed by atoms with Gasteiger partial charge in [0.1, 0.15) is 0 Å². The molecule has 0 spiro atoms. The molecule has 1 N–H and O–H groups in total. The Morgan fingerprint density at radius 2 is 1.38 bits per heavy atom. The van der Waals surface area contributed by atoms with E-state index in [0.29, 0.717) is 12.5 Å². The molecule has 0 aromatic rings.